The number of aromatic nitrogens is 2. The molecule has 0 amide bonds. The Hall–Kier alpha value is -1.22. The van der Waals surface area contributed by atoms with Crippen LogP contribution in [0.15, 0.2) is 29.5 Å². The van der Waals surface area contributed by atoms with Gasteiger partial charge >= 0.3 is 0 Å². The summed E-state index contributed by atoms with van der Waals surface area (Å²) in [5, 5.41) is 7.65. The zero-order valence-corrected chi connectivity index (χ0v) is 16.9. The van der Waals surface area contributed by atoms with Crippen LogP contribution in [0.4, 0.5) is 0 Å². The predicted octanol–water partition coefficient (Wildman–Crippen LogP) is 3.28. The molecule has 0 aliphatic carbocycles. The molecule has 7 heteroatoms. The molecule has 0 fully saturated rings. The van der Waals surface area contributed by atoms with Crippen molar-refractivity contribution >= 4 is 41.3 Å². The van der Waals surface area contributed by atoms with E-state index in [0.717, 1.165) is 35.2 Å². The van der Waals surface area contributed by atoms with Gasteiger partial charge in [-0.25, -0.2) is 9.98 Å². The lowest BCUT2D eigenvalue weighted by molar-refractivity contribution is 0.806. The SMILES string of the molecule is CCNC(=NCc1ncccc1C)NCc1ncc(CC)s1.I. The van der Waals surface area contributed by atoms with Crippen LogP contribution in [-0.4, -0.2) is 22.5 Å². The lowest BCUT2D eigenvalue weighted by Gasteiger charge is -2.10. The average Bonchev–Trinajstić information content (AvgIpc) is 2.99. The first-order valence-electron chi connectivity index (χ1n) is 7.59. The molecule has 2 aromatic heterocycles. The standard InChI is InChI=1S/C16H23N5S.HI/c1-4-13-9-19-15(22-13)11-21-16(17-5-2)20-10-14-12(3)7-6-8-18-14;/h6-9H,4-5,10-11H2,1-3H3,(H2,17,20,21);1H. The third-order valence-corrected chi connectivity index (χ3v) is 4.35. The van der Waals surface area contributed by atoms with E-state index >= 15 is 0 Å². The monoisotopic (exact) mass is 445 g/mol. The van der Waals surface area contributed by atoms with Crippen LogP contribution in [-0.2, 0) is 19.5 Å². The van der Waals surface area contributed by atoms with Crippen molar-refractivity contribution in [3.63, 3.8) is 0 Å². The fourth-order valence-corrected chi connectivity index (χ4v) is 2.73. The topological polar surface area (TPSA) is 62.2 Å². The Balaban J connectivity index is 0.00000264. The van der Waals surface area contributed by atoms with Crippen molar-refractivity contribution in [1.29, 1.82) is 0 Å². The largest absolute Gasteiger partial charge is 0.357 e. The smallest absolute Gasteiger partial charge is 0.191 e. The van der Waals surface area contributed by atoms with Gasteiger partial charge in [0.1, 0.15) is 5.01 Å². The molecule has 0 saturated heterocycles. The quantitative estimate of drug-likeness (QED) is 0.407. The first kappa shape index (κ1) is 19.8. The van der Waals surface area contributed by atoms with E-state index in [2.05, 4.69) is 52.4 Å². The number of guanidine groups is 1. The molecule has 2 rings (SSSR count). The normalized spacial score (nSPS) is 11.0. The van der Waals surface area contributed by atoms with Crippen LogP contribution >= 0.6 is 35.3 Å². The second-order valence-corrected chi connectivity index (χ2v) is 6.09. The summed E-state index contributed by atoms with van der Waals surface area (Å²) in [4.78, 5) is 14.7. The Morgan fingerprint density at radius 1 is 1.26 bits per heavy atom. The summed E-state index contributed by atoms with van der Waals surface area (Å²) in [6.45, 7) is 8.34. The summed E-state index contributed by atoms with van der Waals surface area (Å²) in [7, 11) is 0. The highest BCUT2D eigenvalue weighted by Crippen LogP contribution is 2.12. The van der Waals surface area contributed by atoms with Gasteiger partial charge in [-0.05, 0) is 31.9 Å². The van der Waals surface area contributed by atoms with Gasteiger partial charge in [0.2, 0.25) is 0 Å². The van der Waals surface area contributed by atoms with Crippen molar-refractivity contribution in [2.45, 2.75) is 40.3 Å². The first-order valence-corrected chi connectivity index (χ1v) is 8.40. The summed E-state index contributed by atoms with van der Waals surface area (Å²) in [6, 6.07) is 4.00. The number of thiazole rings is 1. The Kier molecular flexibility index (Phi) is 9.08. The summed E-state index contributed by atoms with van der Waals surface area (Å²) in [5.41, 5.74) is 2.16. The molecule has 0 aliphatic heterocycles. The molecule has 0 unspecified atom stereocenters. The van der Waals surface area contributed by atoms with Gasteiger partial charge in [-0.15, -0.1) is 35.3 Å². The van der Waals surface area contributed by atoms with Crippen LogP contribution in [0.3, 0.4) is 0 Å². The summed E-state index contributed by atoms with van der Waals surface area (Å²) < 4.78 is 0. The van der Waals surface area contributed by atoms with Crippen molar-refractivity contribution in [2.24, 2.45) is 4.99 Å². The number of aliphatic imine (C=N–C) groups is 1. The third kappa shape index (κ3) is 6.42. The van der Waals surface area contributed by atoms with Crippen LogP contribution in [0.2, 0.25) is 0 Å². The Morgan fingerprint density at radius 3 is 2.74 bits per heavy atom. The van der Waals surface area contributed by atoms with Crippen molar-refractivity contribution < 1.29 is 0 Å². The average molecular weight is 445 g/mol. The van der Waals surface area contributed by atoms with E-state index in [-0.39, 0.29) is 24.0 Å². The molecule has 0 atom stereocenters. The first-order chi connectivity index (χ1) is 10.7. The van der Waals surface area contributed by atoms with Crippen molar-refractivity contribution in [1.82, 2.24) is 20.6 Å². The molecule has 23 heavy (non-hydrogen) atoms. The van der Waals surface area contributed by atoms with E-state index in [0.29, 0.717) is 13.1 Å². The number of aryl methyl sites for hydroxylation is 2. The number of nitrogens with zero attached hydrogens (tertiary/aromatic N) is 3. The molecule has 0 bridgehead atoms. The molecule has 126 valence electrons. The highest BCUT2D eigenvalue weighted by Gasteiger charge is 2.03. The Morgan fingerprint density at radius 2 is 2.09 bits per heavy atom. The highest BCUT2D eigenvalue weighted by atomic mass is 127. The van der Waals surface area contributed by atoms with Crippen molar-refractivity contribution in [3.05, 3.63) is 45.7 Å². The minimum absolute atomic E-state index is 0. The van der Waals surface area contributed by atoms with Crippen LogP contribution in [0.5, 0.6) is 0 Å². The van der Waals surface area contributed by atoms with Gasteiger partial charge < -0.3 is 10.6 Å². The minimum atomic E-state index is 0. The maximum absolute atomic E-state index is 4.60. The minimum Gasteiger partial charge on any atom is -0.357 e. The van der Waals surface area contributed by atoms with Crippen LogP contribution in [0, 0.1) is 6.92 Å². The molecule has 0 aromatic carbocycles. The lowest BCUT2D eigenvalue weighted by atomic mass is 10.2. The second-order valence-electron chi connectivity index (χ2n) is 4.89. The number of halogens is 1. The van der Waals surface area contributed by atoms with Gasteiger partial charge in [0, 0.05) is 23.8 Å². The number of rotatable bonds is 6. The molecular formula is C16H24IN5S. The van der Waals surface area contributed by atoms with E-state index in [1.54, 1.807) is 17.5 Å². The number of pyridine rings is 1. The fourth-order valence-electron chi connectivity index (χ4n) is 1.93. The van der Waals surface area contributed by atoms with Crippen LogP contribution in [0.1, 0.15) is 35.0 Å². The van der Waals surface area contributed by atoms with E-state index < -0.39 is 0 Å². The van der Waals surface area contributed by atoms with E-state index in [1.807, 2.05) is 12.3 Å². The Bertz CT molecular complexity index is 626. The Labute approximate surface area is 159 Å². The molecule has 0 spiro atoms. The molecule has 2 aromatic rings. The summed E-state index contributed by atoms with van der Waals surface area (Å²) in [6.07, 6.45) is 4.79. The van der Waals surface area contributed by atoms with Gasteiger partial charge in [-0.3, -0.25) is 4.98 Å². The third-order valence-electron chi connectivity index (χ3n) is 3.21. The zero-order chi connectivity index (χ0) is 15.8. The van der Waals surface area contributed by atoms with Crippen LogP contribution in [0.25, 0.3) is 0 Å². The second kappa shape index (κ2) is 10.5. The lowest BCUT2D eigenvalue weighted by Crippen LogP contribution is -2.36. The van der Waals surface area contributed by atoms with Gasteiger partial charge in [0.05, 0.1) is 18.8 Å². The molecular weight excluding hydrogens is 421 g/mol. The molecule has 0 aliphatic rings. The van der Waals surface area contributed by atoms with Gasteiger partial charge in [0.15, 0.2) is 5.96 Å². The van der Waals surface area contributed by atoms with Gasteiger partial charge in [0.25, 0.3) is 0 Å². The van der Waals surface area contributed by atoms with E-state index in [4.69, 9.17) is 0 Å². The molecule has 0 saturated carbocycles. The highest BCUT2D eigenvalue weighted by molar-refractivity contribution is 14.0. The molecule has 2 heterocycles. The van der Waals surface area contributed by atoms with Gasteiger partial charge in [-0.1, -0.05) is 13.0 Å². The number of hydrogen-bond donors (Lipinski definition) is 2. The number of nitrogens with one attached hydrogen (secondary N) is 2. The molecule has 5 nitrogen and oxygen atoms in total. The van der Waals surface area contributed by atoms with E-state index in [9.17, 15) is 0 Å². The van der Waals surface area contributed by atoms with Crippen molar-refractivity contribution in [3.8, 4) is 0 Å². The summed E-state index contributed by atoms with van der Waals surface area (Å²) >= 11 is 1.74. The molecule has 2 N–H and O–H groups in total. The maximum atomic E-state index is 4.60. The van der Waals surface area contributed by atoms with E-state index in [1.165, 1.54) is 4.88 Å². The van der Waals surface area contributed by atoms with Crippen molar-refractivity contribution in [2.75, 3.05) is 6.54 Å². The fraction of sp³-hybridized carbons (Fsp3) is 0.438. The van der Waals surface area contributed by atoms with Gasteiger partial charge in [-0.2, -0.15) is 0 Å². The number of hydrogen-bond acceptors (Lipinski definition) is 4. The summed E-state index contributed by atoms with van der Waals surface area (Å²) in [5.74, 6) is 0.792. The maximum Gasteiger partial charge on any atom is 0.191 e. The van der Waals surface area contributed by atoms with Crippen LogP contribution < -0.4 is 10.6 Å². The molecule has 0 radical (unpaired) electrons. The predicted molar refractivity (Wildman–Crippen MR) is 108 cm³/mol. The zero-order valence-electron chi connectivity index (χ0n) is 13.8.